The molecule has 1 aromatic rings. The molecule has 2 rings (SSSR count). The van der Waals surface area contributed by atoms with Crippen LogP contribution in [0.15, 0.2) is 23.2 Å². The van der Waals surface area contributed by atoms with Gasteiger partial charge in [0.2, 0.25) is 6.79 Å². The SMILES string of the molecule is CCN(CC)CCCNC(=NC)NCc1ccc2c(c1)OCO2.I. The summed E-state index contributed by atoms with van der Waals surface area (Å²) < 4.78 is 10.7. The molecule has 2 N–H and O–H groups in total. The summed E-state index contributed by atoms with van der Waals surface area (Å²) in [7, 11) is 1.79. The molecule has 0 aromatic heterocycles. The fourth-order valence-electron chi connectivity index (χ4n) is 2.51. The van der Waals surface area contributed by atoms with E-state index in [9.17, 15) is 0 Å². The van der Waals surface area contributed by atoms with E-state index >= 15 is 0 Å². The van der Waals surface area contributed by atoms with Crippen molar-refractivity contribution in [2.45, 2.75) is 26.8 Å². The van der Waals surface area contributed by atoms with E-state index in [0.717, 1.165) is 55.6 Å². The summed E-state index contributed by atoms with van der Waals surface area (Å²) in [6.45, 7) is 9.64. The fraction of sp³-hybridized carbons (Fsp3) is 0.588. The van der Waals surface area contributed by atoms with Crippen LogP contribution in [0.5, 0.6) is 11.5 Å². The van der Waals surface area contributed by atoms with Gasteiger partial charge in [0, 0.05) is 20.1 Å². The predicted molar refractivity (Wildman–Crippen MR) is 109 cm³/mol. The van der Waals surface area contributed by atoms with Crippen LogP contribution >= 0.6 is 24.0 Å². The van der Waals surface area contributed by atoms with Crippen molar-refractivity contribution in [3.63, 3.8) is 0 Å². The molecule has 0 amide bonds. The largest absolute Gasteiger partial charge is 0.454 e. The monoisotopic (exact) mass is 448 g/mol. The number of hydrogen-bond donors (Lipinski definition) is 2. The number of hydrogen-bond acceptors (Lipinski definition) is 4. The Morgan fingerprint density at radius 3 is 2.62 bits per heavy atom. The van der Waals surface area contributed by atoms with Gasteiger partial charge in [0.1, 0.15) is 0 Å². The molecule has 0 saturated heterocycles. The Balaban J connectivity index is 0.00000288. The molecule has 0 aliphatic carbocycles. The Morgan fingerprint density at radius 2 is 1.92 bits per heavy atom. The van der Waals surface area contributed by atoms with Crippen molar-refractivity contribution in [1.82, 2.24) is 15.5 Å². The topological polar surface area (TPSA) is 58.1 Å². The molecule has 1 heterocycles. The second kappa shape index (κ2) is 11.4. The zero-order chi connectivity index (χ0) is 16.5. The van der Waals surface area contributed by atoms with E-state index < -0.39 is 0 Å². The molecule has 0 unspecified atom stereocenters. The number of ether oxygens (including phenoxy) is 2. The number of aliphatic imine (C=N–C) groups is 1. The lowest BCUT2D eigenvalue weighted by atomic mass is 10.2. The highest BCUT2D eigenvalue weighted by Gasteiger charge is 2.13. The van der Waals surface area contributed by atoms with Crippen LogP contribution in [0.25, 0.3) is 0 Å². The van der Waals surface area contributed by atoms with Crippen LogP contribution in [-0.2, 0) is 6.54 Å². The second-order valence-electron chi connectivity index (χ2n) is 5.42. The van der Waals surface area contributed by atoms with E-state index in [1.807, 2.05) is 18.2 Å². The normalized spacial score (nSPS) is 12.9. The smallest absolute Gasteiger partial charge is 0.231 e. The van der Waals surface area contributed by atoms with Gasteiger partial charge in [0.05, 0.1) is 0 Å². The highest BCUT2D eigenvalue weighted by Crippen LogP contribution is 2.32. The van der Waals surface area contributed by atoms with E-state index in [1.165, 1.54) is 0 Å². The van der Waals surface area contributed by atoms with Crippen LogP contribution in [0.4, 0.5) is 0 Å². The molecule has 1 aromatic carbocycles. The van der Waals surface area contributed by atoms with E-state index in [0.29, 0.717) is 13.3 Å². The van der Waals surface area contributed by atoms with Gasteiger partial charge >= 0.3 is 0 Å². The summed E-state index contributed by atoms with van der Waals surface area (Å²) in [6.07, 6.45) is 1.10. The number of nitrogens with zero attached hydrogens (tertiary/aromatic N) is 2. The van der Waals surface area contributed by atoms with E-state index in [-0.39, 0.29) is 24.0 Å². The van der Waals surface area contributed by atoms with Crippen molar-refractivity contribution in [3.05, 3.63) is 23.8 Å². The molecule has 1 aliphatic rings. The third-order valence-electron chi connectivity index (χ3n) is 3.96. The molecule has 6 nitrogen and oxygen atoms in total. The van der Waals surface area contributed by atoms with Gasteiger partial charge in [-0.05, 0) is 43.8 Å². The Kier molecular flexibility index (Phi) is 9.85. The number of benzene rings is 1. The van der Waals surface area contributed by atoms with Gasteiger partial charge in [-0.2, -0.15) is 0 Å². The Hall–Kier alpha value is -1.22. The van der Waals surface area contributed by atoms with Crippen LogP contribution in [0.1, 0.15) is 25.8 Å². The highest BCUT2D eigenvalue weighted by atomic mass is 127. The van der Waals surface area contributed by atoms with Gasteiger partial charge in [-0.25, -0.2) is 0 Å². The second-order valence-corrected chi connectivity index (χ2v) is 5.42. The molecule has 0 saturated carbocycles. The van der Waals surface area contributed by atoms with Gasteiger partial charge < -0.3 is 25.0 Å². The Bertz CT molecular complexity index is 521. The van der Waals surface area contributed by atoms with Crippen molar-refractivity contribution >= 4 is 29.9 Å². The third-order valence-corrected chi connectivity index (χ3v) is 3.96. The minimum Gasteiger partial charge on any atom is -0.454 e. The lowest BCUT2D eigenvalue weighted by molar-refractivity contribution is 0.174. The summed E-state index contributed by atoms with van der Waals surface area (Å²) in [5.41, 5.74) is 1.14. The molecule has 0 fully saturated rings. The predicted octanol–water partition coefficient (Wildman–Crippen LogP) is 2.43. The zero-order valence-electron chi connectivity index (χ0n) is 14.8. The summed E-state index contributed by atoms with van der Waals surface area (Å²) in [6, 6.07) is 5.98. The molecular weight excluding hydrogens is 419 g/mol. The molecule has 24 heavy (non-hydrogen) atoms. The number of rotatable bonds is 8. The van der Waals surface area contributed by atoms with Crippen molar-refractivity contribution < 1.29 is 9.47 Å². The summed E-state index contributed by atoms with van der Waals surface area (Å²) >= 11 is 0. The third kappa shape index (κ3) is 6.35. The maximum Gasteiger partial charge on any atom is 0.231 e. The fourth-order valence-corrected chi connectivity index (χ4v) is 2.51. The first-order valence-electron chi connectivity index (χ1n) is 8.32. The van der Waals surface area contributed by atoms with Crippen molar-refractivity contribution in [2.24, 2.45) is 4.99 Å². The molecule has 0 atom stereocenters. The number of fused-ring (bicyclic) bond motifs is 1. The summed E-state index contributed by atoms with van der Waals surface area (Å²) in [4.78, 5) is 6.68. The van der Waals surface area contributed by atoms with Crippen LogP contribution in [0.3, 0.4) is 0 Å². The Labute approximate surface area is 162 Å². The zero-order valence-corrected chi connectivity index (χ0v) is 17.1. The number of nitrogens with one attached hydrogen (secondary N) is 2. The molecular formula is C17H29IN4O2. The van der Waals surface area contributed by atoms with Crippen molar-refractivity contribution in [3.8, 4) is 11.5 Å². The first kappa shape index (κ1) is 20.8. The van der Waals surface area contributed by atoms with Crippen LogP contribution in [0, 0.1) is 0 Å². The average molecular weight is 448 g/mol. The molecule has 136 valence electrons. The average Bonchev–Trinajstić information content (AvgIpc) is 3.05. The van der Waals surface area contributed by atoms with Crippen molar-refractivity contribution in [2.75, 3.05) is 40.0 Å². The van der Waals surface area contributed by atoms with Crippen LogP contribution < -0.4 is 20.1 Å². The Morgan fingerprint density at radius 1 is 1.17 bits per heavy atom. The first-order chi connectivity index (χ1) is 11.3. The highest BCUT2D eigenvalue weighted by molar-refractivity contribution is 14.0. The molecule has 7 heteroatoms. The maximum absolute atomic E-state index is 5.39. The summed E-state index contributed by atoms with van der Waals surface area (Å²) in [5, 5.41) is 6.67. The van der Waals surface area contributed by atoms with E-state index in [2.05, 4.69) is 34.4 Å². The minimum atomic E-state index is 0. The minimum absolute atomic E-state index is 0. The van der Waals surface area contributed by atoms with E-state index in [4.69, 9.17) is 9.47 Å². The summed E-state index contributed by atoms with van der Waals surface area (Å²) in [5.74, 6) is 2.45. The van der Waals surface area contributed by atoms with Gasteiger partial charge in [-0.1, -0.05) is 19.9 Å². The molecule has 0 radical (unpaired) electrons. The number of guanidine groups is 1. The number of halogens is 1. The molecule has 1 aliphatic heterocycles. The van der Waals surface area contributed by atoms with Gasteiger partial charge in [-0.3, -0.25) is 4.99 Å². The lowest BCUT2D eigenvalue weighted by Crippen LogP contribution is -2.38. The van der Waals surface area contributed by atoms with Gasteiger partial charge in [-0.15, -0.1) is 24.0 Å². The maximum atomic E-state index is 5.39. The first-order valence-corrected chi connectivity index (χ1v) is 8.32. The quantitative estimate of drug-likeness (QED) is 0.277. The molecule has 0 bridgehead atoms. The van der Waals surface area contributed by atoms with Crippen molar-refractivity contribution in [1.29, 1.82) is 0 Å². The lowest BCUT2D eigenvalue weighted by Gasteiger charge is -2.18. The van der Waals surface area contributed by atoms with Crippen LogP contribution in [-0.4, -0.2) is 50.9 Å². The van der Waals surface area contributed by atoms with Gasteiger partial charge in [0.15, 0.2) is 17.5 Å². The van der Waals surface area contributed by atoms with E-state index in [1.54, 1.807) is 7.05 Å². The standard InChI is InChI=1S/C17H28N4O2.HI/c1-4-21(5-2)10-6-9-19-17(18-3)20-12-14-7-8-15-16(11-14)23-13-22-15;/h7-8,11H,4-6,9-10,12-13H2,1-3H3,(H2,18,19,20);1H. The molecule has 0 spiro atoms. The van der Waals surface area contributed by atoms with Gasteiger partial charge in [0.25, 0.3) is 0 Å². The van der Waals surface area contributed by atoms with Crippen LogP contribution in [0.2, 0.25) is 0 Å².